The van der Waals surface area contributed by atoms with Crippen molar-refractivity contribution < 1.29 is 9.47 Å². The zero-order valence-electron chi connectivity index (χ0n) is 8.83. The molecule has 0 aliphatic rings. The molecule has 84 valence electrons. The fourth-order valence-corrected chi connectivity index (χ4v) is 1.23. The summed E-state index contributed by atoms with van der Waals surface area (Å²) in [6.45, 7) is 3.96. The number of rotatable bonds is 6. The lowest BCUT2D eigenvalue weighted by atomic mass is 10.3. The Morgan fingerprint density at radius 1 is 1.27 bits per heavy atom. The predicted molar refractivity (Wildman–Crippen MR) is 62.5 cm³/mol. The van der Waals surface area contributed by atoms with Gasteiger partial charge in [-0.1, -0.05) is 18.5 Å². The van der Waals surface area contributed by atoms with Crippen LogP contribution in [-0.4, -0.2) is 19.8 Å². The van der Waals surface area contributed by atoms with Crippen molar-refractivity contribution in [3.8, 4) is 5.75 Å². The first-order valence-corrected chi connectivity index (χ1v) is 5.37. The molecule has 4 heteroatoms. The average Bonchev–Trinajstić information content (AvgIpc) is 2.23. The third-order valence-electron chi connectivity index (χ3n) is 1.82. The van der Waals surface area contributed by atoms with Crippen LogP contribution < -0.4 is 10.5 Å². The van der Waals surface area contributed by atoms with Crippen LogP contribution in [0.4, 0.5) is 5.69 Å². The SMILES string of the molecule is CCCOCCOc1ccc(N)c(Cl)c1. The summed E-state index contributed by atoms with van der Waals surface area (Å²) in [6, 6.07) is 5.22. The van der Waals surface area contributed by atoms with Crippen LogP contribution in [0.1, 0.15) is 13.3 Å². The number of nitrogen functional groups attached to an aromatic ring is 1. The average molecular weight is 230 g/mol. The van der Waals surface area contributed by atoms with Gasteiger partial charge in [-0.25, -0.2) is 0 Å². The number of anilines is 1. The van der Waals surface area contributed by atoms with Crippen LogP contribution in [0.5, 0.6) is 5.75 Å². The van der Waals surface area contributed by atoms with Gasteiger partial charge in [0.05, 0.1) is 17.3 Å². The number of halogens is 1. The summed E-state index contributed by atoms with van der Waals surface area (Å²) in [5, 5.41) is 0.516. The van der Waals surface area contributed by atoms with Crippen LogP contribution >= 0.6 is 11.6 Å². The topological polar surface area (TPSA) is 44.5 Å². The van der Waals surface area contributed by atoms with Gasteiger partial charge in [0.15, 0.2) is 0 Å². The van der Waals surface area contributed by atoms with Gasteiger partial charge in [-0.05, 0) is 18.6 Å². The Labute approximate surface area is 95.1 Å². The molecule has 0 radical (unpaired) electrons. The molecule has 0 saturated heterocycles. The molecule has 0 aromatic heterocycles. The molecule has 0 aliphatic carbocycles. The van der Waals surface area contributed by atoms with Crippen molar-refractivity contribution in [3.63, 3.8) is 0 Å². The van der Waals surface area contributed by atoms with Gasteiger partial charge >= 0.3 is 0 Å². The van der Waals surface area contributed by atoms with E-state index >= 15 is 0 Å². The van der Waals surface area contributed by atoms with Crippen molar-refractivity contribution in [1.29, 1.82) is 0 Å². The maximum atomic E-state index is 5.84. The Morgan fingerprint density at radius 3 is 2.73 bits per heavy atom. The van der Waals surface area contributed by atoms with Crippen molar-refractivity contribution in [3.05, 3.63) is 23.2 Å². The summed E-state index contributed by atoms with van der Waals surface area (Å²) in [4.78, 5) is 0. The second-order valence-electron chi connectivity index (χ2n) is 3.14. The van der Waals surface area contributed by atoms with Crippen molar-refractivity contribution in [2.45, 2.75) is 13.3 Å². The Balaban J connectivity index is 2.28. The van der Waals surface area contributed by atoms with Crippen LogP contribution in [-0.2, 0) is 4.74 Å². The van der Waals surface area contributed by atoms with E-state index in [1.807, 2.05) is 0 Å². The maximum Gasteiger partial charge on any atom is 0.121 e. The van der Waals surface area contributed by atoms with Crippen molar-refractivity contribution >= 4 is 17.3 Å². The first kappa shape index (κ1) is 12.1. The smallest absolute Gasteiger partial charge is 0.121 e. The molecule has 0 heterocycles. The fraction of sp³-hybridized carbons (Fsp3) is 0.455. The Bertz CT molecular complexity index is 305. The van der Waals surface area contributed by atoms with Crippen molar-refractivity contribution in [2.24, 2.45) is 0 Å². The molecule has 1 aromatic rings. The van der Waals surface area contributed by atoms with Crippen molar-refractivity contribution in [1.82, 2.24) is 0 Å². The van der Waals surface area contributed by atoms with Gasteiger partial charge in [-0.2, -0.15) is 0 Å². The Kier molecular flexibility index (Phi) is 5.29. The molecule has 2 N–H and O–H groups in total. The molecule has 0 saturated carbocycles. The molecule has 0 atom stereocenters. The second-order valence-corrected chi connectivity index (χ2v) is 3.55. The highest BCUT2D eigenvalue weighted by molar-refractivity contribution is 6.33. The number of benzene rings is 1. The second kappa shape index (κ2) is 6.53. The minimum absolute atomic E-state index is 0.516. The first-order valence-electron chi connectivity index (χ1n) is 4.99. The van der Waals surface area contributed by atoms with Crippen molar-refractivity contribution in [2.75, 3.05) is 25.6 Å². The minimum Gasteiger partial charge on any atom is -0.491 e. The monoisotopic (exact) mass is 229 g/mol. The number of nitrogens with two attached hydrogens (primary N) is 1. The van der Waals surface area contributed by atoms with Gasteiger partial charge in [0.2, 0.25) is 0 Å². The molecule has 1 rings (SSSR count). The number of ether oxygens (including phenoxy) is 2. The quantitative estimate of drug-likeness (QED) is 0.603. The normalized spacial score (nSPS) is 10.3. The molecule has 0 amide bonds. The van der Waals surface area contributed by atoms with Gasteiger partial charge in [-0.15, -0.1) is 0 Å². The third kappa shape index (κ3) is 4.40. The van der Waals surface area contributed by atoms with E-state index in [1.54, 1.807) is 18.2 Å². The molecule has 0 spiro atoms. The molecule has 0 fully saturated rings. The number of hydrogen-bond donors (Lipinski definition) is 1. The van der Waals surface area contributed by atoms with Gasteiger partial charge in [0, 0.05) is 12.7 Å². The van der Waals surface area contributed by atoms with Crippen LogP contribution in [0.15, 0.2) is 18.2 Å². The lowest BCUT2D eigenvalue weighted by molar-refractivity contribution is 0.101. The molecular weight excluding hydrogens is 214 g/mol. The zero-order valence-corrected chi connectivity index (χ0v) is 9.59. The zero-order chi connectivity index (χ0) is 11.1. The van der Waals surface area contributed by atoms with E-state index < -0.39 is 0 Å². The van der Waals surface area contributed by atoms with E-state index in [2.05, 4.69) is 6.92 Å². The highest BCUT2D eigenvalue weighted by Gasteiger charge is 1.98. The molecule has 0 unspecified atom stereocenters. The molecule has 0 bridgehead atoms. The summed E-state index contributed by atoms with van der Waals surface area (Å²) >= 11 is 5.84. The molecule has 15 heavy (non-hydrogen) atoms. The summed E-state index contributed by atoms with van der Waals surface area (Å²) < 4.78 is 10.7. The van der Waals surface area contributed by atoms with E-state index in [9.17, 15) is 0 Å². The summed E-state index contributed by atoms with van der Waals surface area (Å²) in [7, 11) is 0. The Morgan fingerprint density at radius 2 is 2.07 bits per heavy atom. The van der Waals surface area contributed by atoms with Gasteiger partial charge in [-0.3, -0.25) is 0 Å². The van der Waals surface area contributed by atoms with E-state index in [1.165, 1.54) is 0 Å². The summed E-state index contributed by atoms with van der Waals surface area (Å²) in [5.74, 6) is 0.717. The molecule has 0 aliphatic heterocycles. The fourth-order valence-electron chi connectivity index (χ4n) is 1.06. The lowest BCUT2D eigenvalue weighted by Gasteiger charge is -2.07. The standard InChI is InChI=1S/C11H16ClNO2/c1-2-5-14-6-7-15-9-3-4-11(13)10(12)8-9/h3-4,8H,2,5-7,13H2,1H3. The first-order chi connectivity index (χ1) is 7.24. The highest BCUT2D eigenvalue weighted by atomic mass is 35.5. The maximum absolute atomic E-state index is 5.84. The Hall–Kier alpha value is -0.930. The summed E-state index contributed by atoms with van der Waals surface area (Å²) in [5.41, 5.74) is 6.13. The number of hydrogen-bond acceptors (Lipinski definition) is 3. The minimum atomic E-state index is 0.516. The van der Waals surface area contributed by atoms with E-state index in [0.29, 0.717) is 29.7 Å². The highest BCUT2D eigenvalue weighted by Crippen LogP contribution is 2.23. The molecule has 3 nitrogen and oxygen atoms in total. The van der Waals surface area contributed by atoms with Gasteiger partial charge in [0.1, 0.15) is 12.4 Å². The summed E-state index contributed by atoms with van der Waals surface area (Å²) in [6.07, 6.45) is 1.02. The largest absolute Gasteiger partial charge is 0.491 e. The van der Waals surface area contributed by atoms with E-state index in [0.717, 1.165) is 13.0 Å². The molecule has 1 aromatic carbocycles. The van der Waals surface area contributed by atoms with Crippen LogP contribution in [0.2, 0.25) is 5.02 Å². The third-order valence-corrected chi connectivity index (χ3v) is 2.14. The van der Waals surface area contributed by atoms with E-state index in [4.69, 9.17) is 26.8 Å². The lowest BCUT2D eigenvalue weighted by Crippen LogP contribution is -2.07. The predicted octanol–water partition coefficient (Wildman–Crippen LogP) is 2.73. The molecular formula is C11H16ClNO2. The van der Waals surface area contributed by atoms with Crippen LogP contribution in [0.25, 0.3) is 0 Å². The van der Waals surface area contributed by atoms with Gasteiger partial charge in [0.25, 0.3) is 0 Å². The van der Waals surface area contributed by atoms with Crippen LogP contribution in [0, 0.1) is 0 Å². The van der Waals surface area contributed by atoms with Gasteiger partial charge < -0.3 is 15.2 Å². The van der Waals surface area contributed by atoms with E-state index in [-0.39, 0.29) is 0 Å². The van der Waals surface area contributed by atoms with Crippen LogP contribution in [0.3, 0.4) is 0 Å².